The number of nitrogens with zero attached hydrogens (tertiary/aromatic N) is 6. The molecule has 1 fully saturated rings. The predicted molar refractivity (Wildman–Crippen MR) is 84.9 cm³/mol. The van der Waals surface area contributed by atoms with Crippen molar-refractivity contribution < 1.29 is 0 Å². The number of likely N-dealkylation sites (tertiary alicyclic amines) is 1. The van der Waals surface area contributed by atoms with Gasteiger partial charge in [0.05, 0.1) is 12.2 Å². The standard InChI is InChI=1S/C14H20ClN7/c1-11-13(15)19-20-14(17-11)18-12-4-2-6-21(10-12)8-9-22-7-3-5-16-22/h3,5,7,12H,2,4,6,8-10H2,1H3,(H,17,18,20). The van der Waals surface area contributed by atoms with E-state index in [9.17, 15) is 0 Å². The highest BCUT2D eigenvalue weighted by molar-refractivity contribution is 6.29. The summed E-state index contributed by atoms with van der Waals surface area (Å²) in [4.78, 5) is 6.77. The molecule has 3 heterocycles. The fraction of sp³-hybridized carbons (Fsp3) is 0.571. The van der Waals surface area contributed by atoms with E-state index < -0.39 is 0 Å². The summed E-state index contributed by atoms with van der Waals surface area (Å²) >= 11 is 5.86. The number of hydrogen-bond donors (Lipinski definition) is 1. The average molecular weight is 322 g/mol. The molecule has 118 valence electrons. The van der Waals surface area contributed by atoms with Crippen molar-refractivity contribution >= 4 is 17.5 Å². The van der Waals surface area contributed by atoms with E-state index in [0.29, 0.717) is 22.8 Å². The number of aromatic nitrogens is 5. The Morgan fingerprint density at radius 1 is 1.36 bits per heavy atom. The lowest BCUT2D eigenvalue weighted by atomic mass is 10.1. The third kappa shape index (κ3) is 3.92. The van der Waals surface area contributed by atoms with Gasteiger partial charge in [0.1, 0.15) is 0 Å². The average Bonchev–Trinajstić information content (AvgIpc) is 3.03. The molecule has 1 aliphatic rings. The Bertz CT molecular complexity index is 601. The Kier molecular flexibility index (Phi) is 4.84. The molecule has 0 spiro atoms. The van der Waals surface area contributed by atoms with Gasteiger partial charge in [0.25, 0.3) is 0 Å². The normalized spacial score (nSPS) is 19.3. The van der Waals surface area contributed by atoms with Crippen molar-refractivity contribution in [3.63, 3.8) is 0 Å². The van der Waals surface area contributed by atoms with E-state index in [1.807, 2.05) is 30.1 Å². The van der Waals surface area contributed by atoms with Crippen LogP contribution in [-0.4, -0.2) is 55.5 Å². The highest BCUT2D eigenvalue weighted by atomic mass is 35.5. The summed E-state index contributed by atoms with van der Waals surface area (Å²) < 4.78 is 1.96. The lowest BCUT2D eigenvalue weighted by Crippen LogP contribution is -2.43. The van der Waals surface area contributed by atoms with Crippen LogP contribution in [0.15, 0.2) is 18.5 Å². The van der Waals surface area contributed by atoms with Gasteiger partial charge in [0.15, 0.2) is 5.15 Å². The van der Waals surface area contributed by atoms with Crippen molar-refractivity contribution in [2.75, 3.05) is 25.0 Å². The zero-order chi connectivity index (χ0) is 15.4. The molecule has 1 saturated heterocycles. The summed E-state index contributed by atoms with van der Waals surface area (Å²) in [6, 6.07) is 2.29. The molecule has 2 aromatic heterocycles. The van der Waals surface area contributed by atoms with Crippen molar-refractivity contribution in [1.29, 1.82) is 0 Å². The minimum absolute atomic E-state index is 0.341. The van der Waals surface area contributed by atoms with Crippen LogP contribution in [0.5, 0.6) is 0 Å². The van der Waals surface area contributed by atoms with Gasteiger partial charge in [0, 0.05) is 31.5 Å². The summed E-state index contributed by atoms with van der Waals surface area (Å²) in [6.07, 6.45) is 6.09. The summed E-state index contributed by atoms with van der Waals surface area (Å²) in [5.41, 5.74) is 0.700. The molecule has 0 bridgehead atoms. The Labute approximate surface area is 134 Å². The summed E-state index contributed by atoms with van der Waals surface area (Å²) in [5.74, 6) is 0.556. The second kappa shape index (κ2) is 7.02. The van der Waals surface area contributed by atoms with Crippen LogP contribution in [0.25, 0.3) is 0 Å². The van der Waals surface area contributed by atoms with Crippen molar-refractivity contribution in [3.05, 3.63) is 29.3 Å². The number of nitrogens with one attached hydrogen (secondary N) is 1. The zero-order valence-corrected chi connectivity index (χ0v) is 13.4. The van der Waals surface area contributed by atoms with Crippen molar-refractivity contribution in [2.45, 2.75) is 32.4 Å². The van der Waals surface area contributed by atoms with Gasteiger partial charge in [-0.15, -0.1) is 10.2 Å². The van der Waals surface area contributed by atoms with Crippen LogP contribution in [0.4, 0.5) is 5.95 Å². The molecule has 22 heavy (non-hydrogen) atoms. The van der Waals surface area contributed by atoms with Crippen LogP contribution in [0.2, 0.25) is 5.15 Å². The van der Waals surface area contributed by atoms with Gasteiger partial charge in [-0.05, 0) is 32.4 Å². The van der Waals surface area contributed by atoms with Crippen molar-refractivity contribution in [3.8, 4) is 0 Å². The molecule has 8 heteroatoms. The van der Waals surface area contributed by atoms with Gasteiger partial charge in [-0.25, -0.2) is 4.98 Å². The Hall–Kier alpha value is -1.73. The zero-order valence-electron chi connectivity index (χ0n) is 12.6. The molecule has 0 aromatic carbocycles. The minimum Gasteiger partial charge on any atom is -0.349 e. The van der Waals surface area contributed by atoms with Crippen LogP contribution in [0.1, 0.15) is 18.5 Å². The first-order chi connectivity index (χ1) is 10.7. The molecule has 1 atom stereocenters. The molecular formula is C14H20ClN7. The van der Waals surface area contributed by atoms with E-state index in [1.165, 1.54) is 0 Å². The molecule has 0 amide bonds. The van der Waals surface area contributed by atoms with Crippen LogP contribution >= 0.6 is 11.6 Å². The monoisotopic (exact) mass is 321 g/mol. The molecule has 0 radical (unpaired) electrons. The molecule has 3 rings (SSSR count). The quantitative estimate of drug-likeness (QED) is 0.902. The smallest absolute Gasteiger partial charge is 0.243 e. The lowest BCUT2D eigenvalue weighted by molar-refractivity contribution is 0.206. The topological polar surface area (TPSA) is 71.8 Å². The van der Waals surface area contributed by atoms with E-state index >= 15 is 0 Å². The fourth-order valence-electron chi connectivity index (χ4n) is 2.69. The molecule has 1 aliphatic heterocycles. The Balaban J connectivity index is 1.52. The molecule has 2 aromatic rings. The third-order valence-corrected chi connectivity index (χ3v) is 4.20. The Morgan fingerprint density at radius 3 is 3.05 bits per heavy atom. The number of halogens is 1. The first-order valence-electron chi connectivity index (χ1n) is 7.54. The van der Waals surface area contributed by atoms with Gasteiger partial charge < -0.3 is 5.32 Å². The summed E-state index contributed by atoms with van der Waals surface area (Å²) in [5, 5.41) is 15.9. The molecule has 1 N–H and O–H groups in total. The van der Waals surface area contributed by atoms with E-state index in [0.717, 1.165) is 39.0 Å². The van der Waals surface area contributed by atoms with E-state index in [-0.39, 0.29) is 0 Å². The van der Waals surface area contributed by atoms with Crippen LogP contribution < -0.4 is 5.32 Å². The second-order valence-corrected chi connectivity index (χ2v) is 5.92. The van der Waals surface area contributed by atoms with Gasteiger partial charge in [-0.2, -0.15) is 5.10 Å². The second-order valence-electron chi connectivity index (χ2n) is 5.56. The summed E-state index contributed by atoms with van der Waals surface area (Å²) in [6.45, 7) is 5.85. The van der Waals surface area contributed by atoms with Crippen LogP contribution in [0, 0.1) is 6.92 Å². The first-order valence-corrected chi connectivity index (χ1v) is 7.91. The van der Waals surface area contributed by atoms with E-state index in [2.05, 4.69) is 30.5 Å². The maximum atomic E-state index is 5.86. The van der Waals surface area contributed by atoms with Crippen molar-refractivity contribution in [2.24, 2.45) is 0 Å². The number of hydrogen-bond acceptors (Lipinski definition) is 6. The molecular weight excluding hydrogens is 302 g/mol. The molecule has 1 unspecified atom stereocenters. The number of aryl methyl sites for hydroxylation is 1. The van der Waals surface area contributed by atoms with Gasteiger partial charge in [-0.1, -0.05) is 11.6 Å². The SMILES string of the molecule is Cc1nc(NC2CCCN(CCn3cccn3)C2)nnc1Cl. The largest absolute Gasteiger partial charge is 0.349 e. The maximum Gasteiger partial charge on any atom is 0.243 e. The number of piperidine rings is 1. The first kappa shape index (κ1) is 15.2. The van der Waals surface area contributed by atoms with Gasteiger partial charge in [0.2, 0.25) is 5.95 Å². The molecule has 0 saturated carbocycles. The van der Waals surface area contributed by atoms with Crippen LogP contribution in [0.3, 0.4) is 0 Å². The summed E-state index contributed by atoms with van der Waals surface area (Å²) in [7, 11) is 0. The lowest BCUT2D eigenvalue weighted by Gasteiger charge is -2.33. The minimum atomic E-state index is 0.341. The van der Waals surface area contributed by atoms with Crippen molar-refractivity contribution in [1.82, 2.24) is 29.9 Å². The third-order valence-electron chi connectivity index (χ3n) is 3.85. The Morgan fingerprint density at radius 2 is 2.27 bits per heavy atom. The fourth-order valence-corrected chi connectivity index (χ4v) is 2.77. The molecule has 0 aliphatic carbocycles. The molecule has 7 nitrogen and oxygen atoms in total. The highest BCUT2D eigenvalue weighted by Crippen LogP contribution is 2.15. The van der Waals surface area contributed by atoms with E-state index in [4.69, 9.17) is 11.6 Å². The van der Waals surface area contributed by atoms with E-state index in [1.54, 1.807) is 0 Å². The highest BCUT2D eigenvalue weighted by Gasteiger charge is 2.20. The number of anilines is 1. The maximum absolute atomic E-state index is 5.86. The van der Waals surface area contributed by atoms with Crippen LogP contribution in [-0.2, 0) is 6.54 Å². The number of rotatable bonds is 5. The van der Waals surface area contributed by atoms with Gasteiger partial charge in [-0.3, -0.25) is 9.58 Å². The predicted octanol–water partition coefficient (Wildman–Crippen LogP) is 1.61. The van der Waals surface area contributed by atoms with Gasteiger partial charge >= 0.3 is 0 Å².